The SMILES string of the molecule is Cc1nccn1Cc1ccc(NC(=O)c2ccc(CNC(=O)c3cccs3)cc2)cc1. The van der Waals surface area contributed by atoms with Gasteiger partial charge in [-0.15, -0.1) is 11.3 Å². The predicted molar refractivity (Wildman–Crippen MR) is 122 cm³/mol. The maximum Gasteiger partial charge on any atom is 0.261 e. The molecule has 4 aromatic rings. The van der Waals surface area contributed by atoms with Gasteiger partial charge < -0.3 is 15.2 Å². The highest BCUT2D eigenvalue weighted by atomic mass is 32.1. The Hall–Kier alpha value is -3.71. The highest BCUT2D eigenvalue weighted by Crippen LogP contribution is 2.14. The van der Waals surface area contributed by atoms with Gasteiger partial charge in [-0.25, -0.2) is 4.98 Å². The summed E-state index contributed by atoms with van der Waals surface area (Å²) in [6.45, 7) is 3.12. The second-order valence-electron chi connectivity index (χ2n) is 7.11. The van der Waals surface area contributed by atoms with Crippen LogP contribution in [0.5, 0.6) is 0 Å². The molecule has 156 valence electrons. The van der Waals surface area contributed by atoms with Crippen LogP contribution in [0.4, 0.5) is 5.69 Å². The second kappa shape index (κ2) is 9.40. The predicted octanol–water partition coefficient (Wildman–Crippen LogP) is 4.48. The van der Waals surface area contributed by atoms with Gasteiger partial charge in [-0.3, -0.25) is 9.59 Å². The standard InChI is InChI=1S/C24H22N4O2S/c1-17-25-12-13-28(17)16-19-6-10-21(11-7-19)27-23(29)20-8-4-18(5-9-20)15-26-24(30)22-3-2-14-31-22/h2-14H,15-16H2,1H3,(H,26,30)(H,27,29). The summed E-state index contributed by atoms with van der Waals surface area (Å²) < 4.78 is 2.07. The fraction of sp³-hybridized carbons (Fsp3) is 0.125. The van der Waals surface area contributed by atoms with Crippen LogP contribution in [-0.4, -0.2) is 21.4 Å². The van der Waals surface area contributed by atoms with Crippen LogP contribution >= 0.6 is 11.3 Å². The number of amides is 2. The average Bonchev–Trinajstić information content (AvgIpc) is 3.46. The summed E-state index contributed by atoms with van der Waals surface area (Å²) in [7, 11) is 0. The van der Waals surface area contributed by atoms with E-state index in [4.69, 9.17) is 0 Å². The molecule has 0 radical (unpaired) electrons. The summed E-state index contributed by atoms with van der Waals surface area (Å²) >= 11 is 1.41. The van der Waals surface area contributed by atoms with Gasteiger partial charge in [-0.05, 0) is 53.8 Å². The molecule has 0 aliphatic heterocycles. The second-order valence-corrected chi connectivity index (χ2v) is 8.06. The molecule has 0 fully saturated rings. The molecule has 7 heteroatoms. The third kappa shape index (κ3) is 5.26. The first-order valence-electron chi connectivity index (χ1n) is 9.87. The fourth-order valence-corrected chi connectivity index (χ4v) is 3.76. The van der Waals surface area contributed by atoms with Gasteiger partial charge in [0, 0.05) is 36.7 Å². The molecule has 31 heavy (non-hydrogen) atoms. The van der Waals surface area contributed by atoms with E-state index in [9.17, 15) is 9.59 Å². The van der Waals surface area contributed by atoms with Gasteiger partial charge in [-0.1, -0.05) is 30.3 Å². The average molecular weight is 431 g/mol. The van der Waals surface area contributed by atoms with Crippen LogP contribution in [0.2, 0.25) is 0 Å². The lowest BCUT2D eigenvalue weighted by Crippen LogP contribution is -2.21. The van der Waals surface area contributed by atoms with Crippen LogP contribution in [0.1, 0.15) is 37.0 Å². The van der Waals surface area contributed by atoms with E-state index in [1.165, 1.54) is 11.3 Å². The van der Waals surface area contributed by atoms with Crippen molar-refractivity contribution in [1.82, 2.24) is 14.9 Å². The van der Waals surface area contributed by atoms with Gasteiger partial charge in [0.05, 0.1) is 4.88 Å². The summed E-state index contributed by atoms with van der Waals surface area (Å²) in [5.74, 6) is 0.697. The Morgan fingerprint density at radius 1 is 0.968 bits per heavy atom. The van der Waals surface area contributed by atoms with E-state index < -0.39 is 0 Å². The quantitative estimate of drug-likeness (QED) is 0.454. The molecule has 0 bridgehead atoms. The van der Waals surface area contributed by atoms with E-state index in [0.717, 1.165) is 29.2 Å². The highest BCUT2D eigenvalue weighted by molar-refractivity contribution is 7.12. The number of aryl methyl sites for hydroxylation is 1. The monoisotopic (exact) mass is 430 g/mol. The van der Waals surface area contributed by atoms with Crippen LogP contribution < -0.4 is 10.6 Å². The van der Waals surface area contributed by atoms with Crippen LogP contribution in [0.3, 0.4) is 0 Å². The third-order valence-electron chi connectivity index (χ3n) is 4.90. The van der Waals surface area contributed by atoms with Gasteiger partial charge in [0.15, 0.2) is 0 Å². The smallest absolute Gasteiger partial charge is 0.261 e. The van der Waals surface area contributed by atoms with Crippen LogP contribution in [-0.2, 0) is 13.1 Å². The van der Waals surface area contributed by atoms with Crippen LogP contribution in [0.15, 0.2) is 78.4 Å². The Morgan fingerprint density at radius 2 is 1.71 bits per heavy atom. The molecule has 2 aromatic carbocycles. The van der Waals surface area contributed by atoms with E-state index in [2.05, 4.69) is 20.2 Å². The minimum Gasteiger partial charge on any atom is -0.347 e. The van der Waals surface area contributed by atoms with E-state index in [-0.39, 0.29) is 11.8 Å². The van der Waals surface area contributed by atoms with Gasteiger partial charge in [0.2, 0.25) is 0 Å². The molecular weight excluding hydrogens is 408 g/mol. The number of nitrogens with zero attached hydrogens (tertiary/aromatic N) is 2. The Labute approximate surface area is 184 Å². The molecule has 2 N–H and O–H groups in total. The molecule has 0 saturated carbocycles. The lowest BCUT2D eigenvalue weighted by molar-refractivity contribution is 0.0953. The molecule has 4 rings (SSSR count). The molecule has 2 amide bonds. The van der Waals surface area contributed by atoms with Gasteiger partial charge in [-0.2, -0.15) is 0 Å². The maximum atomic E-state index is 12.5. The van der Waals surface area contributed by atoms with Gasteiger partial charge >= 0.3 is 0 Å². The van der Waals surface area contributed by atoms with E-state index in [1.807, 2.05) is 61.0 Å². The molecule has 2 heterocycles. The minimum atomic E-state index is -0.174. The number of thiophene rings is 1. The van der Waals surface area contributed by atoms with Gasteiger partial charge in [0.1, 0.15) is 5.82 Å². The zero-order valence-electron chi connectivity index (χ0n) is 17.0. The molecule has 0 unspecified atom stereocenters. The van der Waals surface area contributed by atoms with Crippen molar-refractivity contribution >= 4 is 28.8 Å². The lowest BCUT2D eigenvalue weighted by Gasteiger charge is -2.09. The number of benzene rings is 2. The summed E-state index contributed by atoms with van der Waals surface area (Å²) in [6, 6.07) is 18.6. The Bertz CT molecular complexity index is 1160. The molecule has 0 saturated heterocycles. The minimum absolute atomic E-state index is 0.0940. The van der Waals surface area contributed by atoms with Crippen molar-refractivity contribution in [3.63, 3.8) is 0 Å². The van der Waals surface area contributed by atoms with Crippen molar-refractivity contribution in [1.29, 1.82) is 0 Å². The van der Waals surface area contributed by atoms with E-state index >= 15 is 0 Å². The van der Waals surface area contributed by atoms with Crippen LogP contribution in [0.25, 0.3) is 0 Å². The summed E-state index contributed by atoms with van der Waals surface area (Å²) in [4.78, 5) is 29.5. The zero-order chi connectivity index (χ0) is 21.6. The fourth-order valence-electron chi connectivity index (χ4n) is 3.12. The lowest BCUT2D eigenvalue weighted by atomic mass is 10.1. The Morgan fingerprint density at radius 3 is 2.35 bits per heavy atom. The number of rotatable bonds is 7. The first-order chi connectivity index (χ1) is 15.1. The van der Waals surface area contributed by atoms with Gasteiger partial charge in [0.25, 0.3) is 11.8 Å². The van der Waals surface area contributed by atoms with E-state index in [1.54, 1.807) is 24.4 Å². The van der Waals surface area contributed by atoms with Crippen molar-refractivity contribution in [2.45, 2.75) is 20.0 Å². The molecule has 2 aromatic heterocycles. The number of nitrogens with one attached hydrogen (secondary N) is 2. The molecule has 0 aliphatic rings. The number of carbonyl (C=O) groups is 2. The number of anilines is 1. The van der Waals surface area contributed by atoms with Crippen LogP contribution in [0, 0.1) is 6.92 Å². The highest BCUT2D eigenvalue weighted by Gasteiger charge is 2.08. The molecule has 0 atom stereocenters. The van der Waals surface area contributed by atoms with Crippen molar-refractivity contribution in [3.05, 3.63) is 106 Å². The van der Waals surface area contributed by atoms with Crippen molar-refractivity contribution in [3.8, 4) is 0 Å². The first kappa shape index (κ1) is 20.6. The molecule has 6 nitrogen and oxygen atoms in total. The van der Waals surface area contributed by atoms with Crippen molar-refractivity contribution in [2.24, 2.45) is 0 Å². The molecule has 0 aliphatic carbocycles. The molecule has 0 spiro atoms. The van der Waals surface area contributed by atoms with Crippen molar-refractivity contribution in [2.75, 3.05) is 5.32 Å². The third-order valence-corrected chi connectivity index (χ3v) is 5.77. The topological polar surface area (TPSA) is 76.0 Å². The maximum absolute atomic E-state index is 12.5. The summed E-state index contributed by atoms with van der Waals surface area (Å²) in [6.07, 6.45) is 3.73. The number of hydrogen-bond donors (Lipinski definition) is 2. The Balaban J connectivity index is 1.31. The number of carbonyl (C=O) groups excluding carboxylic acids is 2. The van der Waals surface area contributed by atoms with Crippen molar-refractivity contribution < 1.29 is 9.59 Å². The number of hydrogen-bond acceptors (Lipinski definition) is 4. The van der Waals surface area contributed by atoms with E-state index in [0.29, 0.717) is 17.0 Å². The summed E-state index contributed by atoms with van der Waals surface area (Å²) in [5, 5.41) is 7.67. The first-order valence-corrected chi connectivity index (χ1v) is 10.7. The molecular formula is C24H22N4O2S. The zero-order valence-corrected chi connectivity index (χ0v) is 17.9. The number of imidazole rings is 1. The number of aromatic nitrogens is 2. The largest absolute Gasteiger partial charge is 0.347 e. The normalized spacial score (nSPS) is 10.6. The Kier molecular flexibility index (Phi) is 6.24. The summed E-state index contributed by atoms with van der Waals surface area (Å²) in [5.41, 5.74) is 3.36.